The van der Waals surface area contributed by atoms with Gasteiger partial charge in [0.2, 0.25) is 0 Å². The van der Waals surface area contributed by atoms with Crippen molar-refractivity contribution in [2.75, 3.05) is 31.1 Å². The zero-order valence-electron chi connectivity index (χ0n) is 11.6. The first kappa shape index (κ1) is 13.1. The monoisotopic (exact) mass is 271 g/mol. The molecule has 0 aliphatic carbocycles. The Morgan fingerprint density at radius 2 is 1.55 bits per heavy atom. The van der Waals surface area contributed by atoms with Crippen molar-refractivity contribution < 1.29 is 9.29 Å². The van der Waals surface area contributed by atoms with Gasteiger partial charge in [-0.15, -0.1) is 0 Å². The minimum absolute atomic E-state index is 0.0783. The summed E-state index contributed by atoms with van der Waals surface area (Å²) >= 11 is 0. The first-order valence-electron chi connectivity index (χ1n) is 7.20. The third kappa shape index (κ3) is 2.99. The minimum atomic E-state index is -0.0783. The molecule has 3 rings (SSSR count). The molecule has 0 unspecified atom stereocenters. The average molecular weight is 271 g/mol. The second-order valence-electron chi connectivity index (χ2n) is 5.34. The van der Waals surface area contributed by atoms with E-state index in [0.717, 1.165) is 38.3 Å². The highest BCUT2D eigenvalue weighted by Gasteiger charge is 2.20. The Labute approximate surface area is 119 Å². The van der Waals surface area contributed by atoms with Gasteiger partial charge in [-0.3, -0.25) is 0 Å². The smallest absolute Gasteiger partial charge is 0.132 e. The van der Waals surface area contributed by atoms with Crippen LogP contribution in [0.15, 0.2) is 54.6 Å². The van der Waals surface area contributed by atoms with Gasteiger partial charge in [-0.05, 0) is 18.2 Å². The van der Waals surface area contributed by atoms with Gasteiger partial charge in [-0.25, -0.2) is 4.39 Å². The molecule has 2 aromatic carbocycles. The largest absolute Gasteiger partial charge is 0.360 e. The van der Waals surface area contributed by atoms with E-state index in [1.807, 2.05) is 18.2 Å². The lowest BCUT2D eigenvalue weighted by Gasteiger charge is -2.33. The molecule has 1 aliphatic rings. The third-order valence-corrected chi connectivity index (χ3v) is 3.99. The third-order valence-electron chi connectivity index (χ3n) is 3.99. The normalized spacial score (nSPS) is 16.4. The van der Waals surface area contributed by atoms with Crippen molar-refractivity contribution in [3.8, 4) is 0 Å². The summed E-state index contributed by atoms with van der Waals surface area (Å²) in [5.74, 6) is -0.0783. The molecule has 0 bridgehead atoms. The summed E-state index contributed by atoms with van der Waals surface area (Å²) in [7, 11) is 0. The van der Waals surface area contributed by atoms with E-state index in [1.165, 1.54) is 10.6 Å². The Morgan fingerprint density at radius 3 is 2.25 bits per heavy atom. The second-order valence-corrected chi connectivity index (χ2v) is 5.34. The summed E-state index contributed by atoms with van der Waals surface area (Å²) in [5, 5.41) is 0. The van der Waals surface area contributed by atoms with Crippen LogP contribution in [-0.4, -0.2) is 26.2 Å². The lowest BCUT2D eigenvalue weighted by Crippen LogP contribution is -3.13. The van der Waals surface area contributed by atoms with Gasteiger partial charge in [0.1, 0.15) is 12.4 Å². The first-order valence-corrected chi connectivity index (χ1v) is 7.20. The zero-order chi connectivity index (χ0) is 13.8. The van der Waals surface area contributed by atoms with Crippen LogP contribution in [0.5, 0.6) is 0 Å². The fraction of sp³-hybridized carbons (Fsp3) is 0.294. The SMILES string of the molecule is Fc1ccccc1C[NH+]1CCN(c2ccccc2)CC1. The number of nitrogens with zero attached hydrogens (tertiary/aromatic N) is 1. The van der Waals surface area contributed by atoms with E-state index in [-0.39, 0.29) is 5.82 Å². The minimum Gasteiger partial charge on any atom is -0.360 e. The van der Waals surface area contributed by atoms with Crippen molar-refractivity contribution >= 4 is 5.69 Å². The van der Waals surface area contributed by atoms with Gasteiger partial charge in [0.25, 0.3) is 0 Å². The van der Waals surface area contributed by atoms with Crippen LogP contribution in [0, 0.1) is 5.82 Å². The first-order chi connectivity index (χ1) is 9.83. The molecule has 1 heterocycles. The molecule has 1 fully saturated rings. The van der Waals surface area contributed by atoms with Gasteiger partial charge in [0.15, 0.2) is 0 Å². The number of hydrogen-bond acceptors (Lipinski definition) is 1. The number of piperazine rings is 1. The zero-order valence-corrected chi connectivity index (χ0v) is 11.6. The molecule has 20 heavy (non-hydrogen) atoms. The van der Waals surface area contributed by atoms with E-state index in [9.17, 15) is 4.39 Å². The van der Waals surface area contributed by atoms with E-state index < -0.39 is 0 Å². The van der Waals surface area contributed by atoms with Gasteiger partial charge in [0.05, 0.1) is 26.2 Å². The van der Waals surface area contributed by atoms with Crippen LogP contribution in [0.25, 0.3) is 0 Å². The maximum atomic E-state index is 13.7. The number of anilines is 1. The molecule has 0 amide bonds. The highest BCUT2D eigenvalue weighted by Crippen LogP contribution is 2.12. The van der Waals surface area contributed by atoms with Crippen LogP contribution in [0.2, 0.25) is 0 Å². The highest BCUT2D eigenvalue weighted by molar-refractivity contribution is 5.46. The van der Waals surface area contributed by atoms with E-state index >= 15 is 0 Å². The molecular formula is C17H20FN2+. The maximum absolute atomic E-state index is 13.7. The van der Waals surface area contributed by atoms with Crippen molar-refractivity contribution in [3.05, 3.63) is 66.0 Å². The standard InChI is InChI=1S/C17H19FN2/c18-17-9-5-4-6-15(17)14-19-10-12-20(13-11-19)16-7-2-1-3-8-16/h1-9H,10-14H2/p+1. The fourth-order valence-electron chi connectivity index (χ4n) is 2.81. The van der Waals surface area contributed by atoms with Crippen LogP contribution in [0.3, 0.4) is 0 Å². The van der Waals surface area contributed by atoms with E-state index in [2.05, 4.69) is 29.2 Å². The molecule has 0 aromatic heterocycles. The maximum Gasteiger partial charge on any atom is 0.132 e. The van der Waals surface area contributed by atoms with E-state index in [1.54, 1.807) is 12.1 Å². The highest BCUT2D eigenvalue weighted by atomic mass is 19.1. The summed E-state index contributed by atoms with van der Waals surface area (Å²) in [4.78, 5) is 3.87. The van der Waals surface area contributed by atoms with Crippen LogP contribution < -0.4 is 9.80 Å². The number of para-hydroxylation sites is 1. The predicted octanol–water partition coefficient (Wildman–Crippen LogP) is 1.73. The molecule has 1 saturated heterocycles. The van der Waals surface area contributed by atoms with Gasteiger partial charge < -0.3 is 9.80 Å². The van der Waals surface area contributed by atoms with E-state index in [4.69, 9.17) is 0 Å². The molecule has 1 N–H and O–H groups in total. The lowest BCUT2D eigenvalue weighted by molar-refractivity contribution is -0.914. The predicted molar refractivity (Wildman–Crippen MR) is 79.5 cm³/mol. The summed E-state index contributed by atoms with van der Waals surface area (Å²) < 4.78 is 13.7. The number of benzene rings is 2. The number of quaternary nitrogens is 1. The summed E-state index contributed by atoms with van der Waals surface area (Å²) in [6.07, 6.45) is 0. The van der Waals surface area contributed by atoms with Gasteiger partial charge in [-0.2, -0.15) is 0 Å². The topological polar surface area (TPSA) is 7.68 Å². The average Bonchev–Trinajstić information content (AvgIpc) is 2.51. The van der Waals surface area contributed by atoms with Crippen molar-refractivity contribution in [2.24, 2.45) is 0 Å². The fourth-order valence-corrected chi connectivity index (χ4v) is 2.81. The Bertz CT molecular complexity index is 548. The molecule has 3 heteroatoms. The van der Waals surface area contributed by atoms with Crippen LogP contribution in [-0.2, 0) is 6.54 Å². The number of rotatable bonds is 3. The van der Waals surface area contributed by atoms with Crippen molar-refractivity contribution in [1.82, 2.24) is 0 Å². The van der Waals surface area contributed by atoms with Crippen molar-refractivity contribution in [1.29, 1.82) is 0 Å². The second kappa shape index (κ2) is 6.06. The molecule has 2 nitrogen and oxygen atoms in total. The molecule has 104 valence electrons. The van der Waals surface area contributed by atoms with Crippen molar-refractivity contribution in [2.45, 2.75) is 6.54 Å². The lowest BCUT2D eigenvalue weighted by atomic mass is 10.1. The van der Waals surface area contributed by atoms with Gasteiger partial charge in [0, 0.05) is 11.3 Å². The summed E-state index contributed by atoms with van der Waals surface area (Å²) in [6.45, 7) is 4.98. The van der Waals surface area contributed by atoms with E-state index in [0.29, 0.717) is 0 Å². The number of halogens is 1. The van der Waals surface area contributed by atoms with Crippen molar-refractivity contribution in [3.63, 3.8) is 0 Å². The van der Waals surface area contributed by atoms with Crippen LogP contribution in [0.4, 0.5) is 10.1 Å². The number of nitrogens with one attached hydrogen (secondary N) is 1. The van der Waals surface area contributed by atoms with Gasteiger partial charge in [-0.1, -0.05) is 36.4 Å². The Kier molecular flexibility index (Phi) is 3.97. The molecular weight excluding hydrogens is 251 g/mol. The molecule has 0 radical (unpaired) electrons. The number of hydrogen-bond donors (Lipinski definition) is 1. The molecule has 0 spiro atoms. The van der Waals surface area contributed by atoms with Gasteiger partial charge >= 0.3 is 0 Å². The van der Waals surface area contributed by atoms with Crippen LogP contribution >= 0.6 is 0 Å². The Morgan fingerprint density at radius 1 is 0.900 bits per heavy atom. The summed E-state index contributed by atoms with van der Waals surface area (Å²) in [5.41, 5.74) is 2.12. The Hall–Kier alpha value is -1.87. The molecule has 2 aromatic rings. The summed E-state index contributed by atoms with van der Waals surface area (Å²) in [6, 6.07) is 17.6. The molecule has 1 aliphatic heterocycles. The van der Waals surface area contributed by atoms with Crippen LogP contribution in [0.1, 0.15) is 5.56 Å². The molecule has 0 atom stereocenters. The Balaban J connectivity index is 1.58. The quantitative estimate of drug-likeness (QED) is 0.893. The molecule has 0 saturated carbocycles.